The average molecular weight is 203 g/mol. The minimum absolute atomic E-state index is 0.752. The summed E-state index contributed by atoms with van der Waals surface area (Å²) in [5.74, 6) is 2.48. The van der Waals surface area contributed by atoms with Crippen LogP contribution >= 0.6 is 0 Å². The molecule has 3 atom stereocenters. The summed E-state index contributed by atoms with van der Waals surface area (Å²) in [6.07, 6.45) is 4.08. The van der Waals surface area contributed by atoms with Gasteiger partial charge in [0.25, 0.3) is 0 Å². The van der Waals surface area contributed by atoms with E-state index in [9.17, 15) is 0 Å². The Hall–Kier alpha value is -0.980. The van der Waals surface area contributed by atoms with Gasteiger partial charge in [0.05, 0.1) is 0 Å². The molecule has 1 aromatic rings. The van der Waals surface area contributed by atoms with Gasteiger partial charge in [0, 0.05) is 5.69 Å². The molecule has 1 saturated carbocycles. The largest absolute Gasteiger partial charge is 0.399 e. The maximum atomic E-state index is 5.71. The summed E-state index contributed by atoms with van der Waals surface area (Å²) in [5, 5.41) is 0. The maximum absolute atomic E-state index is 5.71. The van der Waals surface area contributed by atoms with E-state index in [-0.39, 0.29) is 0 Å². The predicted octanol–water partition coefficient (Wildman–Crippen LogP) is 3.81. The zero-order chi connectivity index (χ0) is 10.8. The quantitative estimate of drug-likeness (QED) is 0.690. The standard InChI is InChI=1S/C14H21N/c1-10-3-8-14(11(2)9-10)12-4-6-13(15)7-5-12/h4-7,10-11,14H,3,8-9,15H2,1-2H3/t10-,11+,14+/m1/s1. The Bertz CT molecular complexity index is 315. The molecule has 1 aromatic carbocycles. The lowest BCUT2D eigenvalue weighted by Crippen LogP contribution is -2.19. The van der Waals surface area contributed by atoms with Crippen LogP contribution in [0.2, 0.25) is 0 Å². The number of nitrogens with two attached hydrogens (primary N) is 1. The van der Waals surface area contributed by atoms with Crippen molar-refractivity contribution in [3.8, 4) is 0 Å². The summed E-state index contributed by atoms with van der Waals surface area (Å²) in [6, 6.07) is 8.46. The summed E-state index contributed by atoms with van der Waals surface area (Å²) in [7, 11) is 0. The van der Waals surface area contributed by atoms with Crippen LogP contribution in [0.25, 0.3) is 0 Å². The monoisotopic (exact) mass is 203 g/mol. The molecule has 1 heteroatoms. The lowest BCUT2D eigenvalue weighted by molar-refractivity contribution is 0.262. The van der Waals surface area contributed by atoms with Crippen LogP contribution in [0.3, 0.4) is 0 Å². The minimum Gasteiger partial charge on any atom is -0.399 e. The maximum Gasteiger partial charge on any atom is 0.0314 e. The fraction of sp³-hybridized carbons (Fsp3) is 0.571. The van der Waals surface area contributed by atoms with Gasteiger partial charge in [-0.2, -0.15) is 0 Å². The molecule has 0 heterocycles. The predicted molar refractivity (Wildman–Crippen MR) is 65.8 cm³/mol. The number of nitrogen functional groups attached to an aromatic ring is 1. The van der Waals surface area contributed by atoms with Gasteiger partial charge in [-0.1, -0.05) is 32.4 Å². The van der Waals surface area contributed by atoms with Crippen molar-refractivity contribution < 1.29 is 0 Å². The van der Waals surface area contributed by atoms with Crippen molar-refractivity contribution in [3.05, 3.63) is 29.8 Å². The smallest absolute Gasteiger partial charge is 0.0314 e. The number of anilines is 1. The third-order valence-electron chi connectivity index (χ3n) is 3.80. The Morgan fingerprint density at radius 1 is 1.07 bits per heavy atom. The van der Waals surface area contributed by atoms with Gasteiger partial charge >= 0.3 is 0 Å². The van der Waals surface area contributed by atoms with Gasteiger partial charge in [-0.25, -0.2) is 0 Å². The molecule has 0 amide bonds. The Balaban J connectivity index is 2.13. The molecule has 2 N–H and O–H groups in total. The summed E-state index contributed by atoms with van der Waals surface area (Å²) >= 11 is 0. The van der Waals surface area contributed by atoms with Crippen molar-refractivity contribution in [3.63, 3.8) is 0 Å². The van der Waals surface area contributed by atoms with Crippen molar-refractivity contribution in [2.75, 3.05) is 5.73 Å². The second-order valence-corrected chi connectivity index (χ2v) is 5.17. The number of hydrogen-bond acceptors (Lipinski definition) is 1. The highest BCUT2D eigenvalue weighted by molar-refractivity contribution is 5.40. The van der Waals surface area contributed by atoms with Crippen molar-refractivity contribution in [2.45, 2.75) is 39.0 Å². The molecular weight excluding hydrogens is 182 g/mol. The molecule has 0 aliphatic heterocycles. The van der Waals surface area contributed by atoms with Gasteiger partial charge in [0.15, 0.2) is 0 Å². The Labute approximate surface area is 92.7 Å². The van der Waals surface area contributed by atoms with E-state index in [0.717, 1.165) is 23.4 Å². The molecule has 1 nitrogen and oxygen atoms in total. The van der Waals surface area contributed by atoms with Crippen molar-refractivity contribution in [1.82, 2.24) is 0 Å². The van der Waals surface area contributed by atoms with Crippen LogP contribution in [0.5, 0.6) is 0 Å². The molecular formula is C14H21N. The second kappa shape index (κ2) is 4.26. The molecule has 0 saturated heterocycles. The summed E-state index contributed by atoms with van der Waals surface area (Å²) in [4.78, 5) is 0. The van der Waals surface area contributed by atoms with Crippen LogP contribution in [0.15, 0.2) is 24.3 Å². The molecule has 1 aliphatic carbocycles. The van der Waals surface area contributed by atoms with Gasteiger partial charge < -0.3 is 5.73 Å². The summed E-state index contributed by atoms with van der Waals surface area (Å²) in [5.41, 5.74) is 8.06. The SMILES string of the molecule is C[C@@H]1CC[C@H](c2ccc(N)cc2)[C@@H](C)C1. The van der Waals surface area contributed by atoms with Gasteiger partial charge in [0.2, 0.25) is 0 Å². The third-order valence-corrected chi connectivity index (χ3v) is 3.80. The topological polar surface area (TPSA) is 26.0 Å². The molecule has 2 rings (SSSR count). The molecule has 0 spiro atoms. The van der Waals surface area contributed by atoms with E-state index >= 15 is 0 Å². The van der Waals surface area contributed by atoms with Gasteiger partial charge in [0.1, 0.15) is 0 Å². The van der Waals surface area contributed by atoms with Crippen molar-refractivity contribution >= 4 is 5.69 Å². The Morgan fingerprint density at radius 2 is 1.73 bits per heavy atom. The summed E-state index contributed by atoms with van der Waals surface area (Å²) < 4.78 is 0. The van der Waals surface area contributed by atoms with Crippen LogP contribution in [-0.2, 0) is 0 Å². The van der Waals surface area contributed by atoms with Gasteiger partial charge in [-0.15, -0.1) is 0 Å². The molecule has 82 valence electrons. The first-order valence-corrected chi connectivity index (χ1v) is 6.02. The van der Waals surface area contributed by atoms with Gasteiger partial charge in [-0.05, 0) is 48.3 Å². The normalized spacial score (nSPS) is 31.5. The first kappa shape index (κ1) is 10.5. The number of rotatable bonds is 1. The molecule has 0 bridgehead atoms. The molecule has 0 unspecified atom stereocenters. The second-order valence-electron chi connectivity index (χ2n) is 5.17. The van der Waals surface area contributed by atoms with Crippen LogP contribution in [-0.4, -0.2) is 0 Å². The van der Waals surface area contributed by atoms with Crippen LogP contribution in [0.1, 0.15) is 44.6 Å². The molecule has 0 radical (unpaired) electrons. The zero-order valence-corrected chi connectivity index (χ0v) is 9.74. The molecule has 1 aliphatic rings. The fourth-order valence-corrected chi connectivity index (χ4v) is 2.90. The third kappa shape index (κ3) is 2.34. The van der Waals surface area contributed by atoms with E-state index in [4.69, 9.17) is 5.73 Å². The van der Waals surface area contributed by atoms with E-state index < -0.39 is 0 Å². The molecule has 1 fully saturated rings. The first-order chi connectivity index (χ1) is 7.16. The zero-order valence-electron chi connectivity index (χ0n) is 9.74. The van der Waals surface area contributed by atoms with Crippen LogP contribution in [0, 0.1) is 11.8 Å². The Kier molecular flexibility index (Phi) is 2.99. The fourth-order valence-electron chi connectivity index (χ4n) is 2.90. The van der Waals surface area contributed by atoms with Crippen molar-refractivity contribution in [2.24, 2.45) is 11.8 Å². The highest BCUT2D eigenvalue weighted by Crippen LogP contribution is 2.39. The van der Waals surface area contributed by atoms with E-state index in [1.807, 2.05) is 12.1 Å². The van der Waals surface area contributed by atoms with E-state index in [1.165, 1.54) is 24.8 Å². The average Bonchev–Trinajstić information content (AvgIpc) is 2.20. The summed E-state index contributed by atoms with van der Waals surface area (Å²) in [6.45, 7) is 4.76. The number of benzene rings is 1. The van der Waals surface area contributed by atoms with Crippen molar-refractivity contribution in [1.29, 1.82) is 0 Å². The van der Waals surface area contributed by atoms with Gasteiger partial charge in [-0.3, -0.25) is 0 Å². The number of hydrogen-bond donors (Lipinski definition) is 1. The lowest BCUT2D eigenvalue weighted by Gasteiger charge is -2.33. The molecule has 0 aromatic heterocycles. The van der Waals surface area contributed by atoms with E-state index in [1.54, 1.807) is 0 Å². The van der Waals surface area contributed by atoms with E-state index in [0.29, 0.717) is 0 Å². The van der Waals surface area contributed by atoms with Crippen LogP contribution in [0.4, 0.5) is 5.69 Å². The van der Waals surface area contributed by atoms with E-state index in [2.05, 4.69) is 26.0 Å². The first-order valence-electron chi connectivity index (χ1n) is 6.02. The lowest BCUT2D eigenvalue weighted by atomic mass is 9.73. The Morgan fingerprint density at radius 3 is 2.33 bits per heavy atom. The minimum atomic E-state index is 0.752. The van der Waals surface area contributed by atoms with Crippen LogP contribution < -0.4 is 5.73 Å². The highest BCUT2D eigenvalue weighted by Gasteiger charge is 2.26. The highest BCUT2D eigenvalue weighted by atomic mass is 14.5. The molecule has 15 heavy (non-hydrogen) atoms.